The van der Waals surface area contributed by atoms with E-state index in [0.29, 0.717) is 31.1 Å². The predicted octanol–water partition coefficient (Wildman–Crippen LogP) is 2.71. The van der Waals surface area contributed by atoms with E-state index in [0.717, 1.165) is 16.4 Å². The first-order valence-electron chi connectivity index (χ1n) is 9.28. The zero-order valence-electron chi connectivity index (χ0n) is 16.2. The molecule has 1 aliphatic rings. The summed E-state index contributed by atoms with van der Waals surface area (Å²) in [6.07, 6.45) is 0.706. The van der Waals surface area contributed by atoms with Crippen LogP contribution >= 0.6 is 0 Å². The Morgan fingerprint density at radius 3 is 2.45 bits per heavy atom. The highest BCUT2D eigenvalue weighted by Gasteiger charge is 2.29. The van der Waals surface area contributed by atoms with Crippen molar-refractivity contribution in [3.05, 3.63) is 48.3 Å². The molecule has 3 rings (SSSR count). The van der Waals surface area contributed by atoms with Gasteiger partial charge in [-0.1, -0.05) is 6.92 Å². The van der Waals surface area contributed by atoms with Gasteiger partial charge < -0.3 is 14.8 Å². The minimum absolute atomic E-state index is 0.0533. The molecule has 0 saturated heterocycles. The van der Waals surface area contributed by atoms with Crippen molar-refractivity contribution in [2.24, 2.45) is 0 Å². The van der Waals surface area contributed by atoms with E-state index < -0.39 is 28.3 Å². The Balaban J connectivity index is 1.97. The summed E-state index contributed by atoms with van der Waals surface area (Å²) in [7, 11) is -4.12. The minimum Gasteiger partial charge on any atom is -0.486 e. The molecule has 29 heavy (non-hydrogen) atoms. The number of rotatable bonds is 7. The van der Waals surface area contributed by atoms with Gasteiger partial charge in [0, 0.05) is 12.1 Å². The third-order valence-electron chi connectivity index (χ3n) is 4.52. The highest BCUT2D eigenvalue weighted by atomic mass is 32.2. The molecule has 0 saturated carbocycles. The monoisotopic (exact) mass is 422 g/mol. The summed E-state index contributed by atoms with van der Waals surface area (Å²) in [6, 6.07) is 9.11. The number of ether oxygens (including phenoxy) is 2. The molecular formula is C20H23FN2O5S. The van der Waals surface area contributed by atoms with E-state index in [-0.39, 0.29) is 16.6 Å². The van der Waals surface area contributed by atoms with Crippen LogP contribution in [0.25, 0.3) is 0 Å². The van der Waals surface area contributed by atoms with Gasteiger partial charge in [0.1, 0.15) is 25.6 Å². The Kier molecular flexibility index (Phi) is 6.26. The second-order valence-electron chi connectivity index (χ2n) is 6.67. The average Bonchev–Trinajstić information content (AvgIpc) is 2.72. The van der Waals surface area contributed by atoms with Gasteiger partial charge in [0.25, 0.3) is 10.0 Å². The molecule has 0 radical (unpaired) electrons. The normalized spacial score (nSPS) is 14.2. The van der Waals surface area contributed by atoms with E-state index in [1.54, 1.807) is 0 Å². The van der Waals surface area contributed by atoms with Crippen LogP contribution in [0.3, 0.4) is 0 Å². The molecule has 0 aromatic heterocycles. The fraction of sp³-hybridized carbons (Fsp3) is 0.350. The third kappa shape index (κ3) is 4.79. The van der Waals surface area contributed by atoms with Crippen molar-refractivity contribution in [3.8, 4) is 11.5 Å². The number of sulfonamides is 1. The Bertz CT molecular complexity index is 979. The number of carbonyl (C=O) groups excluding carboxylic acids is 1. The summed E-state index contributed by atoms with van der Waals surface area (Å²) >= 11 is 0. The van der Waals surface area contributed by atoms with Crippen LogP contribution in [0.4, 0.5) is 10.1 Å². The van der Waals surface area contributed by atoms with Crippen LogP contribution in [-0.4, -0.2) is 40.1 Å². The maximum Gasteiger partial charge on any atom is 0.264 e. The minimum atomic E-state index is -4.12. The third-order valence-corrected chi connectivity index (χ3v) is 6.29. The first kappa shape index (κ1) is 20.9. The number of fused-ring (bicyclic) bond motifs is 1. The van der Waals surface area contributed by atoms with Crippen LogP contribution in [0.15, 0.2) is 47.4 Å². The number of halogens is 1. The van der Waals surface area contributed by atoms with Crippen molar-refractivity contribution >= 4 is 21.6 Å². The van der Waals surface area contributed by atoms with E-state index in [2.05, 4.69) is 5.32 Å². The molecule has 0 unspecified atom stereocenters. The molecule has 9 heteroatoms. The lowest BCUT2D eigenvalue weighted by Crippen LogP contribution is -2.43. The Morgan fingerprint density at radius 2 is 1.79 bits per heavy atom. The summed E-state index contributed by atoms with van der Waals surface area (Å²) in [5, 5.41) is 2.75. The topological polar surface area (TPSA) is 84.9 Å². The molecule has 0 spiro atoms. The number of anilines is 1. The number of nitrogens with one attached hydrogen (secondary N) is 1. The van der Waals surface area contributed by atoms with E-state index in [9.17, 15) is 17.6 Å². The molecule has 156 valence electrons. The molecule has 1 amide bonds. The molecule has 1 heterocycles. The summed E-state index contributed by atoms with van der Waals surface area (Å²) in [5.74, 6) is -0.183. The second kappa shape index (κ2) is 8.69. The van der Waals surface area contributed by atoms with Gasteiger partial charge in [0.05, 0.1) is 10.6 Å². The standard InChI is InChI=1S/C20H23FN2O5S/c1-3-14(2)22-20(24)13-23(16-6-4-15(21)5-7-16)29(25,26)17-8-9-18-19(12-17)28-11-10-27-18/h4-9,12,14H,3,10-11,13H2,1-2H3,(H,22,24)/t14-/m0/s1. The smallest absolute Gasteiger partial charge is 0.264 e. The molecular weight excluding hydrogens is 399 g/mol. The average molecular weight is 422 g/mol. The van der Waals surface area contributed by atoms with E-state index in [4.69, 9.17) is 9.47 Å². The molecule has 1 atom stereocenters. The van der Waals surface area contributed by atoms with Gasteiger partial charge in [0.15, 0.2) is 11.5 Å². The largest absolute Gasteiger partial charge is 0.486 e. The first-order valence-corrected chi connectivity index (χ1v) is 10.7. The zero-order chi connectivity index (χ0) is 21.0. The van der Waals surface area contributed by atoms with Crippen LogP contribution in [0, 0.1) is 5.82 Å². The number of carbonyl (C=O) groups is 1. The van der Waals surface area contributed by atoms with Crippen LogP contribution in [0.5, 0.6) is 11.5 Å². The van der Waals surface area contributed by atoms with Gasteiger partial charge in [0.2, 0.25) is 5.91 Å². The van der Waals surface area contributed by atoms with Crippen molar-refractivity contribution in [3.63, 3.8) is 0 Å². The van der Waals surface area contributed by atoms with Crippen LogP contribution < -0.4 is 19.1 Å². The van der Waals surface area contributed by atoms with E-state index in [1.807, 2.05) is 13.8 Å². The van der Waals surface area contributed by atoms with Crippen molar-refractivity contribution in [2.75, 3.05) is 24.1 Å². The number of benzene rings is 2. The fourth-order valence-electron chi connectivity index (χ4n) is 2.79. The van der Waals surface area contributed by atoms with Gasteiger partial charge in [-0.05, 0) is 49.7 Å². The molecule has 2 aromatic rings. The molecule has 1 N–H and O–H groups in total. The van der Waals surface area contributed by atoms with Crippen molar-refractivity contribution in [1.82, 2.24) is 5.32 Å². The van der Waals surface area contributed by atoms with Crippen LogP contribution in [-0.2, 0) is 14.8 Å². The lowest BCUT2D eigenvalue weighted by molar-refractivity contribution is -0.120. The second-order valence-corrected chi connectivity index (χ2v) is 8.53. The lowest BCUT2D eigenvalue weighted by atomic mass is 10.2. The maximum atomic E-state index is 13.4. The van der Waals surface area contributed by atoms with Gasteiger partial charge in [-0.3, -0.25) is 9.10 Å². The van der Waals surface area contributed by atoms with Crippen molar-refractivity contribution in [2.45, 2.75) is 31.2 Å². The maximum absolute atomic E-state index is 13.4. The number of amides is 1. The Hall–Kier alpha value is -2.81. The zero-order valence-corrected chi connectivity index (χ0v) is 17.0. The summed E-state index contributed by atoms with van der Waals surface area (Å²) < 4.78 is 51.9. The molecule has 0 aliphatic carbocycles. The highest BCUT2D eigenvalue weighted by Crippen LogP contribution is 2.34. The van der Waals surface area contributed by atoms with Crippen molar-refractivity contribution < 1.29 is 27.1 Å². The predicted molar refractivity (Wildman–Crippen MR) is 106 cm³/mol. The Morgan fingerprint density at radius 1 is 1.14 bits per heavy atom. The van der Waals surface area contributed by atoms with Gasteiger partial charge in [-0.25, -0.2) is 12.8 Å². The lowest BCUT2D eigenvalue weighted by Gasteiger charge is -2.26. The van der Waals surface area contributed by atoms with E-state index in [1.165, 1.54) is 30.3 Å². The molecule has 1 aliphatic heterocycles. The molecule has 0 bridgehead atoms. The fourth-order valence-corrected chi connectivity index (χ4v) is 4.22. The summed E-state index contributed by atoms with van der Waals surface area (Å²) in [4.78, 5) is 12.4. The van der Waals surface area contributed by atoms with Gasteiger partial charge >= 0.3 is 0 Å². The van der Waals surface area contributed by atoms with Gasteiger partial charge in [-0.15, -0.1) is 0 Å². The SMILES string of the molecule is CC[C@H](C)NC(=O)CN(c1ccc(F)cc1)S(=O)(=O)c1ccc2c(c1)OCCO2. The molecule has 7 nitrogen and oxygen atoms in total. The first-order chi connectivity index (χ1) is 13.8. The number of hydrogen-bond donors (Lipinski definition) is 1. The molecule has 2 aromatic carbocycles. The van der Waals surface area contributed by atoms with Crippen molar-refractivity contribution in [1.29, 1.82) is 0 Å². The Labute approximate surface area is 169 Å². The number of nitrogens with zero attached hydrogens (tertiary/aromatic N) is 1. The molecule has 0 fully saturated rings. The quantitative estimate of drug-likeness (QED) is 0.742. The van der Waals surface area contributed by atoms with E-state index >= 15 is 0 Å². The van der Waals surface area contributed by atoms with Gasteiger partial charge in [-0.2, -0.15) is 0 Å². The van der Waals surface area contributed by atoms with Crippen LogP contribution in [0.2, 0.25) is 0 Å². The summed E-state index contributed by atoms with van der Waals surface area (Å²) in [5.41, 5.74) is 0.181. The van der Waals surface area contributed by atoms with Crippen LogP contribution in [0.1, 0.15) is 20.3 Å². The number of hydrogen-bond acceptors (Lipinski definition) is 5. The highest BCUT2D eigenvalue weighted by molar-refractivity contribution is 7.92. The summed E-state index contributed by atoms with van der Waals surface area (Å²) in [6.45, 7) is 4.00.